The number of carbonyl (C=O) groups excluding carboxylic acids is 1. The molecule has 2 saturated heterocycles. The molecule has 4 heterocycles. The van der Waals surface area contributed by atoms with Crippen LogP contribution in [-0.4, -0.2) is 65.4 Å². The number of amides is 1. The van der Waals surface area contributed by atoms with Gasteiger partial charge in [-0.05, 0) is 77.1 Å². The summed E-state index contributed by atoms with van der Waals surface area (Å²) in [6.45, 7) is 5.34. The fourth-order valence-corrected chi connectivity index (χ4v) is 4.53. The molecule has 4 rings (SSSR count). The highest BCUT2D eigenvalue weighted by Crippen LogP contribution is 2.31. The standard InChI is InChI=1S/C21H30N4O/c1-23-13-8-21(9-14-23,25-11-4-2-5-12-25)17-22-20(26)18-15-19-7-3-6-10-24(19)16-18/h3,6-7,10,15-16H,2,4-5,8-9,11-14,17H2,1H3,(H,22,26). The molecule has 2 aromatic rings. The minimum absolute atomic E-state index is 0.0454. The molecule has 140 valence electrons. The molecule has 0 spiro atoms. The highest BCUT2D eigenvalue weighted by molar-refractivity contribution is 5.95. The highest BCUT2D eigenvalue weighted by atomic mass is 16.1. The number of carbonyl (C=O) groups is 1. The lowest BCUT2D eigenvalue weighted by molar-refractivity contribution is 0.0145. The van der Waals surface area contributed by atoms with Gasteiger partial charge in [-0.3, -0.25) is 9.69 Å². The molecule has 0 bridgehead atoms. The molecule has 0 radical (unpaired) electrons. The zero-order valence-corrected chi connectivity index (χ0v) is 15.8. The fourth-order valence-electron chi connectivity index (χ4n) is 4.53. The first-order chi connectivity index (χ1) is 12.7. The summed E-state index contributed by atoms with van der Waals surface area (Å²) in [4.78, 5) is 17.9. The summed E-state index contributed by atoms with van der Waals surface area (Å²) in [5.74, 6) is 0.0454. The summed E-state index contributed by atoms with van der Waals surface area (Å²) >= 11 is 0. The predicted octanol–water partition coefficient (Wildman–Crippen LogP) is 2.62. The number of nitrogens with zero attached hydrogens (tertiary/aromatic N) is 3. The fraction of sp³-hybridized carbons (Fsp3) is 0.571. The van der Waals surface area contributed by atoms with Crippen molar-refractivity contribution in [3.05, 3.63) is 42.2 Å². The average molecular weight is 354 g/mol. The van der Waals surface area contributed by atoms with Crippen LogP contribution in [0.15, 0.2) is 36.7 Å². The first-order valence-corrected chi connectivity index (χ1v) is 9.95. The number of nitrogens with one attached hydrogen (secondary N) is 1. The molecule has 0 saturated carbocycles. The highest BCUT2D eigenvalue weighted by Gasteiger charge is 2.39. The van der Waals surface area contributed by atoms with Gasteiger partial charge in [0.1, 0.15) is 0 Å². The van der Waals surface area contributed by atoms with Crippen LogP contribution < -0.4 is 5.32 Å². The quantitative estimate of drug-likeness (QED) is 0.917. The largest absolute Gasteiger partial charge is 0.350 e. The molecule has 26 heavy (non-hydrogen) atoms. The molecular weight excluding hydrogens is 324 g/mol. The number of rotatable bonds is 4. The van der Waals surface area contributed by atoms with Crippen LogP contribution in [0.25, 0.3) is 5.52 Å². The van der Waals surface area contributed by atoms with Crippen molar-refractivity contribution in [3.63, 3.8) is 0 Å². The molecule has 0 aromatic carbocycles. The van der Waals surface area contributed by atoms with E-state index < -0.39 is 0 Å². The Morgan fingerprint density at radius 1 is 1.12 bits per heavy atom. The van der Waals surface area contributed by atoms with Gasteiger partial charge in [-0.2, -0.15) is 0 Å². The third-order valence-corrected chi connectivity index (χ3v) is 6.29. The maximum Gasteiger partial charge on any atom is 0.252 e. The molecule has 1 amide bonds. The van der Waals surface area contributed by atoms with Crippen molar-refractivity contribution in [1.29, 1.82) is 0 Å². The van der Waals surface area contributed by atoms with Crippen molar-refractivity contribution in [2.24, 2.45) is 0 Å². The number of aromatic nitrogens is 1. The number of hydrogen-bond acceptors (Lipinski definition) is 3. The van der Waals surface area contributed by atoms with Crippen molar-refractivity contribution in [3.8, 4) is 0 Å². The molecule has 5 nitrogen and oxygen atoms in total. The average Bonchev–Trinajstić information content (AvgIpc) is 3.13. The van der Waals surface area contributed by atoms with Gasteiger partial charge in [0, 0.05) is 30.0 Å². The third kappa shape index (κ3) is 3.51. The minimum atomic E-state index is 0.0454. The first-order valence-electron chi connectivity index (χ1n) is 9.95. The van der Waals surface area contributed by atoms with Gasteiger partial charge in [0.15, 0.2) is 0 Å². The lowest BCUT2D eigenvalue weighted by Gasteiger charge is -2.50. The van der Waals surface area contributed by atoms with Crippen LogP contribution in [0.4, 0.5) is 0 Å². The first kappa shape index (κ1) is 17.6. The van der Waals surface area contributed by atoms with E-state index in [0.29, 0.717) is 0 Å². The lowest BCUT2D eigenvalue weighted by Crippen LogP contribution is -2.61. The number of likely N-dealkylation sites (tertiary alicyclic amines) is 2. The smallest absolute Gasteiger partial charge is 0.252 e. The Balaban J connectivity index is 1.47. The van der Waals surface area contributed by atoms with E-state index in [-0.39, 0.29) is 11.4 Å². The molecule has 5 heteroatoms. The summed E-state index contributed by atoms with van der Waals surface area (Å²) in [5.41, 5.74) is 1.93. The number of piperidine rings is 2. The Labute approximate surface area is 156 Å². The third-order valence-electron chi connectivity index (χ3n) is 6.29. The van der Waals surface area contributed by atoms with E-state index in [0.717, 1.165) is 43.6 Å². The Kier molecular flexibility index (Phi) is 5.00. The van der Waals surface area contributed by atoms with Gasteiger partial charge in [-0.1, -0.05) is 12.5 Å². The summed E-state index contributed by atoms with van der Waals surface area (Å²) in [5, 5.41) is 3.27. The van der Waals surface area contributed by atoms with Gasteiger partial charge < -0.3 is 14.6 Å². The van der Waals surface area contributed by atoms with E-state index in [1.807, 2.05) is 41.1 Å². The normalized spacial score (nSPS) is 21.7. The Morgan fingerprint density at radius 3 is 2.62 bits per heavy atom. The van der Waals surface area contributed by atoms with Gasteiger partial charge in [0.2, 0.25) is 0 Å². The minimum Gasteiger partial charge on any atom is -0.350 e. The molecule has 0 unspecified atom stereocenters. The van der Waals surface area contributed by atoms with Crippen LogP contribution in [0.5, 0.6) is 0 Å². The van der Waals surface area contributed by atoms with E-state index >= 15 is 0 Å². The molecule has 2 fully saturated rings. The molecule has 0 aliphatic carbocycles. The van der Waals surface area contributed by atoms with Crippen molar-refractivity contribution < 1.29 is 4.79 Å². The lowest BCUT2D eigenvalue weighted by atomic mass is 9.84. The van der Waals surface area contributed by atoms with Gasteiger partial charge >= 0.3 is 0 Å². The van der Waals surface area contributed by atoms with Crippen molar-refractivity contribution in [2.75, 3.05) is 39.8 Å². The van der Waals surface area contributed by atoms with Crippen LogP contribution in [-0.2, 0) is 0 Å². The summed E-state index contributed by atoms with van der Waals surface area (Å²) in [7, 11) is 2.20. The molecule has 1 N–H and O–H groups in total. The van der Waals surface area contributed by atoms with Crippen molar-refractivity contribution in [2.45, 2.75) is 37.6 Å². The van der Waals surface area contributed by atoms with Crippen LogP contribution in [0, 0.1) is 0 Å². The Bertz CT molecular complexity index is 721. The molecule has 2 aromatic heterocycles. The summed E-state index contributed by atoms with van der Waals surface area (Å²) < 4.78 is 2.00. The maximum atomic E-state index is 12.8. The molecule has 0 atom stereocenters. The summed E-state index contributed by atoms with van der Waals surface area (Å²) in [6, 6.07) is 7.99. The summed E-state index contributed by atoms with van der Waals surface area (Å²) in [6.07, 6.45) is 10.1. The monoisotopic (exact) mass is 354 g/mol. The number of pyridine rings is 1. The molecular formula is C21H30N4O. The Morgan fingerprint density at radius 2 is 1.88 bits per heavy atom. The maximum absolute atomic E-state index is 12.8. The van der Waals surface area contributed by atoms with Crippen LogP contribution >= 0.6 is 0 Å². The van der Waals surface area contributed by atoms with Crippen LogP contribution in [0.2, 0.25) is 0 Å². The number of fused-ring (bicyclic) bond motifs is 1. The van der Waals surface area contributed by atoms with E-state index in [4.69, 9.17) is 0 Å². The molecule has 2 aliphatic rings. The topological polar surface area (TPSA) is 40.0 Å². The van der Waals surface area contributed by atoms with Crippen LogP contribution in [0.1, 0.15) is 42.5 Å². The van der Waals surface area contributed by atoms with E-state index in [2.05, 4.69) is 22.2 Å². The second kappa shape index (κ2) is 7.41. The van der Waals surface area contributed by atoms with Gasteiger partial charge in [0.05, 0.1) is 5.56 Å². The molecule has 2 aliphatic heterocycles. The van der Waals surface area contributed by atoms with E-state index in [9.17, 15) is 4.79 Å². The van der Waals surface area contributed by atoms with Crippen molar-refractivity contribution >= 4 is 11.4 Å². The van der Waals surface area contributed by atoms with E-state index in [1.165, 1.54) is 32.4 Å². The van der Waals surface area contributed by atoms with Crippen molar-refractivity contribution in [1.82, 2.24) is 19.5 Å². The SMILES string of the molecule is CN1CCC(CNC(=O)c2cc3ccccn3c2)(N2CCCCC2)CC1. The van der Waals surface area contributed by atoms with Crippen LogP contribution in [0.3, 0.4) is 0 Å². The van der Waals surface area contributed by atoms with Gasteiger partial charge in [0.25, 0.3) is 5.91 Å². The second-order valence-electron chi connectivity index (χ2n) is 8.02. The van der Waals surface area contributed by atoms with Gasteiger partial charge in [-0.15, -0.1) is 0 Å². The second-order valence-corrected chi connectivity index (χ2v) is 8.02. The zero-order chi connectivity index (χ0) is 18.0. The van der Waals surface area contributed by atoms with Gasteiger partial charge in [-0.25, -0.2) is 0 Å². The van der Waals surface area contributed by atoms with E-state index in [1.54, 1.807) is 0 Å². The Hall–Kier alpha value is -1.85. The predicted molar refractivity (Wildman–Crippen MR) is 105 cm³/mol. The zero-order valence-electron chi connectivity index (χ0n) is 15.8. The number of hydrogen-bond donors (Lipinski definition) is 1.